The molecule has 0 unspecified atom stereocenters. The Morgan fingerprint density at radius 3 is 2.77 bits per heavy atom. The molecule has 22 heavy (non-hydrogen) atoms. The lowest BCUT2D eigenvalue weighted by molar-refractivity contribution is 0.308. The van der Waals surface area contributed by atoms with Gasteiger partial charge in [0, 0.05) is 56.2 Å². The summed E-state index contributed by atoms with van der Waals surface area (Å²) in [5, 5.41) is 4.09. The molecule has 0 radical (unpaired) electrons. The molecule has 5 heteroatoms. The van der Waals surface area contributed by atoms with E-state index in [1.165, 1.54) is 11.4 Å². The Labute approximate surface area is 131 Å². The molecule has 1 atom stereocenters. The van der Waals surface area contributed by atoms with Crippen LogP contribution in [0, 0.1) is 13.8 Å². The molecule has 1 aliphatic rings. The summed E-state index contributed by atoms with van der Waals surface area (Å²) >= 11 is 0. The van der Waals surface area contributed by atoms with Gasteiger partial charge in [-0.25, -0.2) is 0 Å². The Bertz CT molecular complexity index is 650. The van der Waals surface area contributed by atoms with Gasteiger partial charge < -0.3 is 9.42 Å². The zero-order valence-electron chi connectivity index (χ0n) is 13.8. The van der Waals surface area contributed by atoms with E-state index in [2.05, 4.69) is 48.1 Å². The number of rotatable bonds is 4. The largest absolute Gasteiger partial charge is 0.378 e. The molecule has 0 saturated carbocycles. The Balaban J connectivity index is 1.69. The highest BCUT2D eigenvalue weighted by molar-refractivity contribution is 5.47. The van der Waals surface area contributed by atoms with Crippen LogP contribution in [0.2, 0.25) is 0 Å². The van der Waals surface area contributed by atoms with Crippen molar-refractivity contribution < 1.29 is 4.52 Å². The van der Waals surface area contributed by atoms with Crippen molar-refractivity contribution in [3.63, 3.8) is 0 Å². The third-order valence-corrected chi connectivity index (χ3v) is 4.23. The first-order chi connectivity index (χ1) is 10.5. The van der Waals surface area contributed by atoms with Crippen LogP contribution >= 0.6 is 0 Å². The van der Waals surface area contributed by atoms with Crippen molar-refractivity contribution in [1.82, 2.24) is 15.0 Å². The fourth-order valence-electron chi connectivity index (χ4n) is 3.08. The summed E-state index contributed by atoms with van der Waals surface area (Å²) in [5.74, 6) is 1.38. The van der Waals surface area contributed by atoms with Crippen LogP contribution in [0.1, 0.15) is 35.2 Å². The van der Waals surface area contributed by atoms with Gasteiger partial charge in [-0.2, -0.15) is 0 Å². The first-order valence-electron chi connectivity index (χ1n) is 7.82. The Morgan fingerprint density at radius 1 is 1.27 bits per heavy atom. The Kier molecular flexibility index (Phi) is 4.16. The molecule has 1 aliphatic heterocycles. The molecule has 2 aromatic rings. The molecule has 2 aromatic heterocycles. The third kappa shape index (κ3) is 3.30. The van der Waals surface area contributed by atoms with Crippen LogP contribution in [-0.2, 0) is 6.54 Å². The minimum atomic E-state index is 0.506. The molecule has 0 aliphatic carbocycles. The fourth-order valence-corrected chi connectivity index (χ4v) is 3.08. The maximum Gasteiger partial charge on any atom is 0.133 e. The van der Waals surface area contributed by atoms with Crippen LogP contribution in [-0.4, -0.2) is 42.2 Å². The van der Waals surface area contributed by atoms with Gasteiger partial charge in [-0.05, 0) is 38.9 Å². The van der Waals surface area contributed by atoms with Crippen molar-refractivity contribution in [2.75, 3.05) is 32.1 Å². The number of nitrogens with zero attached hydrogens (tertiary/aromatic N) is 4. The van der Waals surface area contributed by atoms with E-state index in [1.54, 1.807) is 0 Å². The maximum absolute atomic E-state index is 5.15. The molecule has 1 saturated heterocycles. The maximum atomic E-state index is 5.15. The Morgan fingerprint density at radius 2 is 2.09 bits per heavy atom. The zero-order valence-corrected chi connectivity index (χ0v) is 13.8. The number of likely N-dealkylation sites (tertiary alicyclic amines) is 1. The topological polar surface area (TPSA) is 45.4 Å². The molecule has 0 amide bonds. The molecular weight excluding hydrogens is 276 g/mol. The van der Waals surface area contributed by atoms with Crippen molar-refractivity contribution in [3.8, 4) is 0 Å². The quantitative estimate of drug-likeness (QED) is 0.869. The van der Waals surface area contributed by atoms with Gasteiger partial charge in [0.05, 0.1) is 5.69 Å². The summed E-state index contributed by atoms with van der Waals surface area (Å²) in [7, 11) is 4.15. The molecular formula is C17H24N4O. The molecule has 0 spiro atoms. The second-order valence-corrected chi connectivity index (χ2v) is 6.44. The molecule has 5 nitrogen and oxygen atoms in total. The highest BCUT2D eigenvalue weighted by atomic mass is 16.5. The summed E-state index contributed by atoms with van der Waals surface area (Å²) in [6.45, 7) is 6.99. The van der Waals surface area contributed by atoms with Gasteiger partial charge in [0.2, 0.25) is 0 Å². The van der Waals surface area contributed by atoms with Gasteiger partial charge in [0.1, 0.15) is 5.76 Å². The highest BCUT2D eigenvalue weighted by Crippen LogP contribution is 2.29. The number of pyridine rings is 1. The van der Waals surface area contributed by atoms with Gasteiger partial charge in [-0.3, -0.25) is 9.88 Å². The molecule has 3 rings (SSSR count). The molecule has 0 bridgehead atoms. The molecule has 1 fully saturated rings. The lowest BCUT2D eigenvalue weighted by atomic mass is 10.0. The van der Waals surface area contributed by atoms with Gasteiger partial charge in [0.15, 0.2) is 0 Å². The predicted molar refractivity (Wildman–Crippen MR) is 87.2 cm³/mol. The molecule has 3 heterocycles. The number of aromatic nitrogens is 2. The van der Waals surface area contributed by atoms with E-state index in [0.717, 1.165) is 43.2 Å². The number of hydrogen-bond donors (Lipinski definition) is 0. The van der Waals surface area contributed by atoms with E-state index in [0.29, 0.717) is 5.92 Å². The number of aryl methyl sites for hydroxylation is 2. The van der Waals surface area contributed by atoms with Gasteiger partial charge in [-0.1, -0.05) is 5.16 Å². The first-order valence-corrected chi connectivity index (χ1v) is 7.82. The van der Waals surface area contributed by atoms with E-state index < -0.39 is 0 Å². The molecule has 0 aromatic carbocycles. The van der Waals surface area contributed by atoms with Gasteiger partial charge >= 0.3 is 0 Å². The van der Waals surface area contributed by atoms with Crippen molar-refractivity contribution >= 4 is 5.69 Å². The molecule has 0 N–H and O–H groups in total. The van der Waals surface area contributed by atoms with Crippen molar-refractivity contribution in [2.24, 2.45) is 0 Å². The van der Waals surface area contributed by atoms with Crippen LogP contribution in [0.25, 0.3) is 0 Å². The SMILES string of the molecule is Cc1cc(N(C)C)cc([C@H]2CCN(Cc3cc(C)on3)C2)n1. The molecule has 118 valence electrons. The summed E-state index contributed by atoms with van der Waals surface area (Å²) in [5.41, 5.74) is 4.55. The third-order valence-electron chi connectivity index (χ3n) is 4.23. The number of anilines is 1. The fraction of sp³-hybridized carbons (Fsp3) is 0.529. The summed E-state index contributed by atoms with van der Waals surface area (Å²) in [6.07, 6.45) is 1.15. The van der Waals surface area contributed by atoms with Gasteiger partial charge in [0.25, 0.3) is 0 Å². The van der Waals surface area contributed by atoms with E-state index in [-0.39, 0.29) is 0 Å². The first kappa shape index (κ1) is 15.0. The minimum Gasteiger partial charge on any atom is -0.378 e. The van der Waals surface area contributed by atoms with Crippen LogP contribution in [0.15, 0.2) is 22.7 Å². The van der Waals surface area contributed by atoms with Crippen molar-refractivity contribution in [1.29, 1.82) is 0 Å². The standard InChI is InChI=1S/C17H24N4O/c1-12-7-16(20(3)4)9-17(18-12)14-5-6-21(10-14)11-15-8-13(2)22-19-15/h7-9,14H,5-6,10-11H2,1-4H3/t14-/m0/s1. The van der Waals surface area contributed by atoms with Crippen molar-refractivity contribution in [3.05, 3.63) is 41.0 Å². The lowest BCUT2D eigenvalue weighted by Crippen LogP contribution is -2.20. The monoisotopic (exact) mass is 300 g/mol. The van der Waals surface area contributed by atoms with Crippen LogP contribution in [0.5, 0.6) is 0 Å². The summed E-state index contributed by atoms with van der Waals surface area (Å²) in [6, 6.07) is 6.37. The van der Waals surface area contributed by atoms with E-state index in [4.69, 9.17) is 9.51 Å². The Hall–Kier alpha value is -1.88. The second-order valence-electron chi connectivity index (χ2n) is 6.44. The second kappa shape index (κ2) is 6.08. The van der Waals surface area contributed by atoms with E-state index in [1.807, 2.05) is 13.0 Å². The normalized spacial score (nSPS) is 18.8. The van der Waals surface area contributed by atoms with Crippen LogP contribution < -0.4 is 4.90 Å². The van der Waals surface area contributed by atoms with Crippen molar-refractivity contribution in [2.45, 2.75) is 32.7 Å². The van der Waals surface area contributed by atoms with E-state index in [9.17, 15) is 0 Å². The average molecular weight is 300 g/mol. The zero-order chi connectivity index (χ0) is 15.7. The van der Waals surface area contributed by atoms with Crippen LogP contribution in [0.3, 0.4) is 0 Å². The smallest absolute Gasteiger partial charge is 0.133 e. The van der Waals surface area contributed by atoms with Gasteiger partial charge in [-0.15, -0.1) is 0 Å². The summed E-state index contributed by atoms with van der Waals surface area (Å²) < 4.78 is 5.15. The number of hydrogen-bond acceptors (Lipinski definition) is 5. The average Bonchev–Trinajstić information content (AvgIpc) is 3.08. The minimum absolute atomic E-state index is 0.506. The lowest BCUT2D eigenvalue weighted by Gasteiger charge is -2.18. The van der Waals surface area contributed by atoms with E-state index >= 15 is 0 Å². The summed E-state index contributed by atoms with van der Waals surface area (Å²) in [4.78, 5) is 9.33. The predicted octanol–water partition coefficient (Wildman–Crippen LogP) is 2.74. The van der Waals surface area contributed by atoms with Crippen LogP contribution in [0.4, 0.5) is 5.69 Å². The highest BCUT2D eigenvalue weighted by Gasteiger charge is 2.26.